The molecular weight excluding hydrogens is 1110 g/mol. The highest BCUT2D eigenvalue weighted by Crippen LogP contribution is 2.60. The number of rotatable bonds is 6. The van der Waals surface area contributed by atoms with Gasteiger partial charge in [0.05, 0.1) is 5.69 Å². The number of para-hydroxylation sites is 1. The maximum Gasteiger partial charge on any atom is 0.333 e. The van der Waals surface area contributed by atoms with E-state index >= 15 is 0 Å². The monoisotopic (exact) mass is 1200 g/mol. The summed E-state index contributed by atoms with van der Waals surface area (Å²) in [7, 11) is 0. The number of hydrogen-bond acceptors (Lipinski definition) is 4. The number of nitrogens with zero attached hydrogens (tertiary/aromatic N) is 3. The fraction of sp³-hybridized carbons (Fsp3) is 0.310. The lowest BCUT2D eigenvalue weighted by molar-refractivity contribution is 0.331. The van der Waals surface area contributed by atoms with Gasteiger partial charge in [-0.3, -0.25) is 0 Å². The van der Waals surface area contributed by atoms with Crippen molar-refractivity contribution in [3.8, 4) is 33.4 Å². The van der Waals surface area contributed by atoms with E-state index in [-0.39, 0.29) is 44.8 Å². The zero-order valence-electron chi connectivity index (χ0n) is 57.7. The zero-order valence-corrected chi connectivity index (χ0v) is 57.7. The summed E-state index contributed by atoms with van der Waals surface area (Å²) >= 11 is 0. The molecule has 2 aliphatic carbocycles. The second kappa shape index (κ2) is 20.2. The van der Waals surface area contributed by atoms with Gasteiger partial charge in [-0.2, -0.15) is 0 Å². The molecule has 0 atom stereocenters. The van der Waals surface area contributed by atoms with Gasteiger partial charge in [0, 0.05) is 72.7 Å². The Kier molecular flexibility index (Phi) is 13.1. The van der Waals surface area contributed by atoms with Gasteiger partial charge >= 0.3 is 6.85 Å². The van der Waals surface area contributed by atoms with E-state index in [0.717, 1.165) is 73.7 Å². The third kappa shape index (κ3) is 9.35. The van der Waals surface area contributed by atoms with Crippen LogP contribution in [0.25, 0.3) is 55.3 Å². The Morgan fingerprint density at radius 2 is 0.913 bits per heavy atom. The summed E-state index contributed by atoms with van der Waals surface area (Å²) in [5.74, 6) is 0. The van der Waals surface area contributed by atoms with Crippen molar-refractivity contribution in [3.63, 3.8) is 0 Å². The number of furan rings is 1. The molecule has 0 saturated heterocycles. The molecule has 462 valence electrons. The lowest BCUT2D eigenvalue weighted by Gasteiger charge is -2.46. The minimum Gasteiger partial charge on any atom is -0.455 e. The van der Waals surface area contributed by atoms with Gasteiger partial charge in [-0.25, -0.2) is 0 Å². The molecule has 4 nitrogen and oxygen atoms in total. The molecule has 0 amide bonds. The molecule has 0 unspecified atom stereocenters. The van der Waals surface area contributed by atoms with Crippen LogP contribution in [-0.2, 0) is 37.9 Å². The largest absolute Gasteiger partial charge is 0.455 e. The Bertz CT molecular complexity index is 4740. The third-order valence-corrected chi connectivity index (χ3v) is 21.7. The minimum absolute atomic E-state index is 0.00969. The number of benzene rings is 10. The van der Waals surface area contributed by atoms with Gasteiger partial charge in [0.15, 0.2) is 0 Å². The quantitative estimate of drug-likeness (QED) is 0.155. The molecule has 11 aromatic rings. The van der Waals surface area contributed by atoms with Crippen molar-refractivity contribution in [3.05, 3.63) is 239 Å². The highest BCUT2D eigenvalue weighted by atomic mass is 16.3. The summed E-state index contributed by atoms with van der Waals surface area (Å²) < 4.78 is 7.50. The predicted molar refractivity (Wildman–Crippen MR) is 395 cm³/mol. The van der Waals surface area contributed by atoms with E-state index < -0.39 is 0 Å². The molecule has 0 saturated carbocycles. The third-order valence-electron chi connectivity index (χ3n) is 21.7. The first kappa shape index (κ1) is 59.8. The van der Waals surface area contributed by atoms with Gasteiger partial charge in [0.1, 0.15) is 11.2 Å². The van der Waals surface area contributed by atoms with Gasteiger partial charge in [-0.05, 0) is 215 Å². The van der Waals surface area contributed by atoms with Crippen molar-refractivity contribution in [2.24, 2.45) is 0 Å². The Balaban J connectivity index is 1.09. The average Bonchev–Trinajstić information content (AvgIpc) is 1.27. The topological polar surface area (TPSA) is 22.9 Å². The second-order valence-corrected chi connectivity index (χ2v) is 33.3. The maximum atomic E-state index is 7.50. The van der Waals surface area contributed by atoms with Gasteiger partial charge in [0.2, 0.25) is 0 Å². The van der Waals surface area contributed by atoms with Crippen LogP contribution >= 0.6 is 0 Å². The van der Waals surface area contributed by atoms with E-state index in [1.165, 1.54) is 95.4 Å². The first-order valence-corrected chi connectivity index (χ1v) is 33.8. The van der Waals surface area contributed by atoms with Crippen molar-refractivity contribution < 1.29 is 4.42 Å². The fourth-order valence-corrected chi connectivity index (χ4v) is 16.0. The maximum absolute atomic E-state index is 7.50. The van der Waals surface area contributed by atoms with Crippen molar-refractivity contribution >= 4 is 85.2 Å². The molecular formula is C87H90BN3O. The molecule has 10 aromatic carbocycles. The van der Waals surface area contributed by atoms with Crippen molar-refractivity contribution in [2.45, 2.75) is 175 Å². The Morgan fingerprint density at radius 1 is 0.402 bits per heavy atom. The predicted octanol–water partition coefficient (Wildman–Crippen LogP) is 23.3. The number of hydrogen-bond donors (Lipinski definition) is 0. The van der Waals surface area contributed by atoms with Crippen LogP contribution in [0, 0.1) is 0 Å². The van der Waals surface area contributed by atoms with E-state index in [2.05, 4.69) is 333 Å². The van der Waals surface area contributed by atoms with Gasteiger partial charge in [-0.1, -0.05) is 222 Å². The molecule has 2 aliphatic heterocycles. The molecule has 15 rings (SSSR count). The Labute approximate surface area is 548 Å². The van der Waals surface area contributed by atoms with Crippen molar-refractivity contribution in [1.29, 1.82) is 0 Å². The van der Waals surface area contributed by atoms with Gasteiger partial charge in [0.25, 0.3) is 0 Å². The molecule has 4 aliphatic rings. The van der Waals surface area contributed by atoms with Crippen LogP contribution in [-0.4, -0.2) is 6.85 Å². The van der Waals surface area contributed by atoms with Crippen molar-refractivity contribution in [1.82, 2.24) is 0 Å². The zero-order chi connectivity index (χ0) is 64.7. The molecule has 0 fully saturated rings. The van der Waals surface area contributed by atoms with Crippen LogP contribution in [0.4, 0.5) is 45.5 Å². The van der Waals surface area contributed by atoms with Crippen LogP contribution in [0.15, 0.2) is 199 Å². The normalized spacial score (nSPS) is 16.0. The second-order valence-electron chi connectivity index (χ2n) is 33.3. The molecule has 0 bridgehead atoms. The van der Waals surface area contributed by atoms with E-state index in [0.29, 0.717) is 0 Å². The number of anilines is 8. The Hall–Kier alpha value is -8.54. The summed E-state index contributed by atoms with van der Waals surface area (Å²) in [4.78, 5) is 7.86. The lowest BCUT2D eigenvalue weighted by atomic mass is 9.43. The van der Waals surface area contributed by atoms with Gasteiger partial charge < -0.3 is 19.0 Å². The van der Waals surface area contributed by atoms with E-state index in [4.69, 9.17) is 4.42 Å². The van der Waals surface area contributed by atoms with Crippen LogP contribution in [0.5, 0.6) is 0 Å². The van der Waals surface area contributed by atoms with Crippen LogP contribution in [0.2, 0.25) is 0 Å². The lowest BCUT2D eigenvalue weighted by Crippen LogP contribution is -2.61. The Morgan fingerprint density at radius 3 is 1.51 bits per heavy atom. The summed E-state index contributed by atoms with van der Waals surface area (Å²) in [6.45, 7) is 42.3. The summed E-state index contributed by atoms with van der Waals surface area (Å²) in [6.07, 6.45) is 2.33. The van der Waals surface area contributed by atoms with Crippen molar-refractivity contribution in [2.75, 3.05) is 14.6 Å². The summed E-state index contributed by atoms with van der Waals surface area (Å²) in [5, 5.41) is 2.23. The van der Waals surface area contributed by atoms with Crippen LogP contribution in [0.1, 0.15) is 182 Å². The fourth-order valence-electron chi connectivity index (χ4n) is 16.0. The molecule has 0 N–H and O–H groups in total. The molecule has 0 spiro atoms. The van der Waals surface area contributed by atoms with E-state index in [1.807, 2.05) is 0 Å². The van der Waals surface area contributed by atoms with Crippen LogP contribution in [0.3, 0.4) is 0 Å². The smallest absolute Gasteiger partial charge is 0.333 e. The first-order chi connectivity index (χ1) is 43.4. The molecule has 92 heavy (non-hydrogen) atoms. The molecule has 5 heteroatoms. The SMILES string of the molecule is CC(C)(C)c1ccc(N2B3c4cc(N(c5ccc(C(C)(C)C)cc5)c5ccc(C(C)(C)C)cc5)ccc4N(c4ccc(C(C)(C)C)cc4-c4ccccc4)c4cc5c(oc6ccccc65)c(c43)-c3cc4c(cc32)C(C)(C)c2cc3c(cc2-4)C(C)(C)CCC3(C)C)cc1. The van der Waals surface area contributed by atoms with E-state index in [1.54, 1.807) is 0 Å². The number of fused-ring (bicyclic) bond motifs is 12. The summed E-state index contributed by atoms with van der Waals surface area (Å²) in [5.41, 5.74) is 31.3. The first-order valence-electron chi connectivity index (χ1n) is 33.8. The summed E-state index contributed by atoms with van der Waals surface area (Å²) in [6, 6.07) is 75.7. The molecule has 0 radical (unpaired) electrons. The highest BCUT2D eigenvalue weighted by molar-refractivity contribution is 6.94. The highest BCUT2D eigenvalue weighted by Gasteiger charge is 2.50. The van der Waals surface area contributed by atoms with Crippen LogP contribution < -0.4 is 25.5 Å². The van der Waals surface area contributed by atoms with Gasteiger partial charge in [-0.15, -0.1) is 0 Å². The minimum atomic E-state index is -0.321. The molecule has 1 aromatic heterocycles. The van der Waals surface area contributed by atoms with E-state index in [9.17, 15) is 0 Å². The molecule has 3 heterocycles. The average molecular weight is 1200 g/mol. The standard InChI is InChI=1S/C87H90BN3O/c1-81(2,3)54-28-35-58(36-29-54)89(59-37-30-55(31-38-59)82(4,5)6)61-41-43-74-72(47-61)88-79-76(90(74)73-42-34-57(84(10,11)12)46-63(73)53-24-20-19-21-25-53)50-66-62-26-22-23-27-77(62)92-80(66)78(79)67-48-64-65-49-70-71(86(15,16)45-44-85(70,13)14)51-68(65)87(17,18)69(64)52-75(67)91(88)60-39-32-56(33-40-60)83(7,8)9/h19-43,46-52H,44-45H2,1-18H3.